The highest BCUT2D eigenvalue weighted by atomic mass is 15.4. The van der Waals surface area contributed by atoms with Crippen LogP contribution in [-0.4, -0.2) is 37.8 Å². The molecule has 0 aliphatic rings. The van der Waals surface area contributed by atoms with Crippen LogP contribution in [0.1, 0.15) is 27.7 Å². The van der Waals surface area contributed by atoms with Crippen LogP contribution in [0.25, 0.3) is 5.95 Å². The Morgan fingerprint density at radius 3 is 2.40 bits per heavy atom. The highest BCUT2D eigenvalue weighted by Gasteiger charge is 2.21. The van der Waals surface area contributed by atoms with E-state index in [1.165, 1.54) is 0 Å². The Hall–Kier alpha value is -2.18. The molecule has 2 aromatic rings. The highest BCUT2D eigenvalue weighted by molar-refractivity contribution is 5.38. The number of nitrogens with one attached hydrogen (secondary N) is 2. The standard InChI is InChI=1S/C13H21N7/c1-9(13(2,3)4)16-11-17-10(14-5)18-12(19-11)20-8-6-7-15-20/h6-9H,1-5H3,(H2,14,16,17,18,19). The molecule has 0 bridgehead atoms. The summed E-state index contributed by atoms with van der Waals surface area (Å²) in [4.78, 5) is 13.0. The van der Waals surface area contributed by atoms with Crippen LogP contribution in [0.4, 0.5) is 11.9 Å². The van der Waals surface area contributed by atoms with Crippen molar-refractivity contribution >= 4 is 11.9 Å². The van der Waals surface area contributed by atoms with Gasteiger partial charge in [-0.2, -0.15) is 20.1 Å². The molecule has 2 heterocycles. The molecule has 0 spiro atoms. The molecule has 2 aromatic heterocycles. The van der Waals surface area contributed by atoms with Crippen LogP contribution in [0.5, 0.6) is 0 Å². The zero-order chi connectivity index (χ0) is 14.8. The van der Waals surface area contributed by atoms with Crippen molar-refractivity contribution in [3.63, 3.8) is 0 Å². The summed E-state index contributed by atoms with van der Waals surface area (Å²) in [5, 5.41) is 10.4. The first kappa shape index (κ1) is 14.2. The first-order valence-corrected chi connectivity index (χ1v) is 6.60. The summed E-state index contributed by atoms with van der Waals surface area (Å²) < 4.78 is 1.61. The molecule has 0 aliphatic carbocycles. The normalized spacial score (nSPS) is 13.1. The first-order chi connectivity index (χ1) is 9.40. The quantitative estimate of drug-likeness (QED) is 0.887. The molecule has 2 N–H and O–H groups in total. The molecule has 0 aromatic carbocycles. The van der Waals surface area contributed by atoms with Crippen LogP contribution >= 0.6 is 0 Å². The van der Waals surface area contributed by atoms with Crippen molar-refractivity contribution in [1.29, 1.82) is 0 Å². The lowest BCUT2D eigenvalue weighted by Crippen LogP contribution is -2.31. The Bertz CT molecular complexity index is 557. The fourth-order valence-corrected chi connectivity index (χ4v) is 1.44. The number of nitrogens with zero attached hydrogens (tertiary/aromatic N) is 5. The lowest BCUT2D eigenvalue weighted by Gasteiger charge is -2.28. The van der Waals surface area contributed by atoms with E-state index in [1.54, 1.807) is 24.1 Å². The SMILES string of the molecule is CNc1nc(NC(C)C(C)(C)C)nc(-n2cccn2)n1. The van der Waals surface area contributed by atoms with Gasteiger partial charge in [-0.1, -0.05) is 20.8 Å². The Morgan fingerprint density at radius 2 is 1.85 bits per heavy atom. The predicted octanol–water partition coefficient (Wildman–Crippen LogP) is 1.95. The Kier molecular flexibility index (Phi) is 3.87. The maximum Gasteiger partial charge on any atom is 0.257 e. The monoisotopic (exact) mass is 275 g/mol. The van der Waals surface area contributed by atoms with Crippen LogP contribution in [0, 0.1) is 5.41 Å². The zero-order valence-corrected chi connectivity index (χ0v) is 12.5. The molecule has 0 radical (unpaired) electrons. The van der Waals surface area contributed by atoms with E-state index in [0.717, 1.165) is 0 Å². The maximum absolute atomic E-state index is 4.40. The highest BCUT2D eigenvalue weighted by Crippen LogP contribution is 2.21. The van der Waals surface area contributed by atoms with E-state index in [9.17, 15) is 0 Å². The lowest BCUT2D eigenvalue weighted by atomic mass is 9.88. The second-order valence-electron chi connectivity index (χ2n) is 5.72. The molecular formula is C13H21N7. The van der Waals surface area contributed by atoms with Gasteiger partial charge in [-0.05, 0) is 18.4 Å². The molecule has 20 heavy (non-hydrogen) atoms. The topological polar surface area (TPSA) is 80.5 Å². The summed E-state index contributed by atoms with van der Waals surface area (Å²) in [6, 6.07) is 2.05. The number of aromatic nitrogens is 5. The van der Waals surface area contributed by atoms with Gasteiger partial charge in [-0.15, -0.1) is 0 Å². The summed E-state index contributed by atoms with van der Waals surface area (Å²) in [7, 11) is 1.78. The van der Waals surface area contributed by atoms with Crippen molar-refractivity contribution < 1.29 is 0 Å². The van der Waals surface area contributed by atoms with Gasteiger partial charge in [0.25, 0.3) is 5.95 Å². The van der Waals surface area contributed by atoms with E-state index in [-0.39, 0.29) is 11.5 Å². The van der Waals surface area contributed by atoms with Crippen LogP contribution in [0.3, 0.4) is 0 Å². The average molecular weight is 275 g/mol. The van der Waals surface area contributed by atoms with Gasteiger partial charge in [0.15, 0.2) is 0 Å². The van der Waals surface area contributed by atoms with Gasteiger partial charge >= 0.3 is 0 Å². The molecular weight excluding hydrogens is 254 g/mol. The van der Waals surface area contributed by atoms with Crippen molar-refractivity contribution in [2.75, 3.05) is 17.7 Å². The minimum atomic E-state index is 0.109. The lowest BCUT2D eigenvalue weighted by molar-refractivity contribution is 0.358. The number of hydrogen-bond donors (Lipinski definition) is 2. The zero-order valence-electron chi connectivity index (χ0n) is 12.5. The molecule has 7 nitrogen and oxygen atoms in total. The third-order valence-electron chi connectivity index (χ3n) is 3.20. The van der Waals surface area contributed by atoms with E-state index in [0.29, 0.717) is 17.8 Å². The van der Waals surface area contributed by atoms with Crippen LogP contribution in [0.2, 0.25) is 0 Å². The average Bonchev–Trinajstić information content (AvgIpc) is 2.91. The van der Waals surface area contributed by atoms with E-state index < -0.39 is 0 Å². The summed E-state index contributed by atoms with van der Waals surface area (Å²) in [6.07, 6.45) is 3.49. The smallest absolute Gasteiger partial charge is 0.257 e. The fraction of sp³-hybridized carbons (Fsp3) is 0.538. The summed E-state index contributed by atoms with van der Waals surface area (Å²) >= 11 is 0. The second-order valence-corrected chi connectivity index (χ2v) is 5.72. The Labute approximate surface area is 118 Å². The molecule has 0 fully saturated rings. The number of anilines is 2. The van der Waals surface area contributed by atoms with Crippen LogP contribution < -0.4 is 10.6 Å². The van der Waals surface area contributed by atoms with Crippen molar-refractivity contribution in [2.45, 2.75) is 33.7 Å². The van der Waals surface area contributed by atoms with E-state index in [1.807, 2.05) is 6.07 Å². The van der Waals surface area contributed by atoms with Crippen molar-refractivity contribution in [2.24, 2.45) is 5.41 Å². The van der Waals surface area contributed by atoms with Gasteiger partial charge in [-0.25, -0.2) is 4.68 Å². The molecule has 1 unspecified atom stereocenters. The minimum absolute atomic E-state index is 0.109. The van der Waals surface area contributed by atoms with Gasteiger partial charge in [0.1, 0.15) is 0 Å². The maximum atomic E-state index is 4.40. The van der Waals surface area contributed by atoms with Gasteiger partial charge in [0.2, 0.25) is 11.9 Å². The first-order valence-electron chi connectivity index (χ1n) is 6.60. The molecule has 0 saturated heterocycles. The number of hydrogen-bond acceptors (Lipinski definition) is 6. The van der Waals surface area contributed by atoms with Gasteiger partial charge in [-0.3, -0.25) is 0 Å². The van der Waals surface area contributed by atoms with Crippen LogP contribution in [-0.2, 0) is 0 Å². The molecule has 0 saturated carbocycles. The van der Waals surface area contributed by atoms with Crippen LogP contribution in [0.15, 0.2) is 18.5 Å². The summed E-state index contributed by atoms with van der Waals surface area (Å²) in [5.74, 6) is 1.53. The van der Waals surface area contributed by atoms with Gasteiger partial charge in [0.05, 0.1) is 0 Å². The Balaban J connectivity index is 2.32. The van der Waals surface area contributed by atoms with Gasteiger partial charge < -0.3 is 10.6 Å². The molecule has 0 amide bonds. The summed E-state index contributed by atoms with van der Waals surface area (Å²) in [6.45, 7) is 8.61. The largest absolute Gasteiger partial charge is 0.357 e. The molecule has 1 atom stereocenters. The molecule has 108 valence electrons. The fourth-order valence-electron chi connectivity index (χ4n) is 1.44. The van der Waals surface area contributed by atoms with Crippen molar-refractivity contribution in [3.8, 4) is 5.95 Å². The van der Waals surface area contributed by atoms with Crippen molar-refractivity contribution in [1.82, 2.24) is 24.7 Å². The molecule has 2 rings (SSSR count). The van der Waals surface area contributed by atoms with Crippen molar-refractivity contribution in [3.05, 3.63) is 18.5 Å². The molecule has 7 heteroatoms. The van der Waals surface area contributed by atoms with E-state index in [2.05, 4.69) is 58.4 Å². The second kappa shape index (κ2) is 5.44. The number of rotatable bonds is 4. The third kappa shape index (κ3) is 3.23. The summed E-state index contributed by atoms with van der Waals surface area (Å²) in [5.41, 5.74) is 0.109. The third-order valence-corrected chi connectivity index (χ3v) is 3.20. The predicted molar refractivity (Wildman–Crippen MR) is 79.0 cm³/mol. The van der Waals surface area contributed by atoms with E-state index >= 15 is 0 Å². The Morgan fingerprint density at radius 1 is 1.15 bits per heavy atom. The van der Waals surface area contributed by atoms with Gasteiger partial charge in [0, 0.05) is 25.5 Å². The minimum Gasteiger partial charge on any atom is -0.357 e. The molecule has 0 aliphatic heterocycles. The van der Waals surface area contributed by atoms with E-state index in [4.69, 9.17) is 0 Å².